The molecule has 4 nitrogen and oxygen atoms in total. The van der Waals surface area contributed by atoms with Crippen LogP contribution in [0.2, 0.25) is 0 Å². The highest BCUT2D eigenvalue weighted by Gasteiger charge is 2.36. The number of carboxylic acid groups (broad SMARTS) is 1. The number of hydrogen-bond acceptors (Lipinski definition) is 3. The van der Waals surface area contributed by atoms with Gasteiger partial charge >= 0.3 is 5.97 Å². The number of hydrogen-bond donors (Lipinski definition) is 2. The molecule has 1 fully saturated rings. The molecule has 0 saturated carbocycles. The second-order valence-corrected chi connectivity index (χ2v) is 5.22. The first kappa shape index (κ1) is 13.5. The van der Waals surface area contributed by atoms with Gasteiger partial charge in [-0.1, -0.05) is 6.92 Å². The smallest absolute Gasteiger partial charge is 0.324 e. The second kappa shape index (κ2) is 5.15. The molecule has 1 rings (SSSR count). The lowest BCUT2D eigenvalue weighted by Gasteiger charge is -2.41. The van der Waals surface area contributed by atoms with Crippen molar-refractivity contribution in [3.63, 3.8) is 0 Å². The van der Waals surface area contributed by atoms with Gasteiger partial charge in [-0.3, -0.25) is 9.69 Å². The topological polar surface area (TPSA) is 52.6 Å². The fourth-order valence-corrected chi connectivity index (χ4v) is 2.30. The van der Waals surface area contributed by atoms with Crippen molar-refractivity contribution in [1.82, 2.24) is 10.2 Å². The average Bonchev–Trinajstić information content (AvgIpc) is 2.24. The average molecular weight is 228 g/mol. The van der Waals surface area contributed by atoms with Crippen LogP contribution < -0.4 is 5.32 Å². The normalized spacial score (nSPS) is 31.0. The van der Waals surface area contributed by atoms with Gasteiger partial charge in [0.1, 0.15) is 5.54 Å². The molecule has 94 valence electrons. The molecule has 0 aromatic rings. The Morgan fingerprint density at radius 3 is 2.69 bits per heavy atom. The van der Waals surface area contributed by atoms with Crippen LogP contribution in [0.3, 0.4) is 0 Å². The third-order valence-corrected chi connectivity index (χ3v) is 4.05. The lowest BCUT2D eigenvalue weighted by molar-refractivity contribution is -0.145. The summed E-state index contributed by atoms with van der Waals surface area (Å²) in [4.78, 5) is 13.5. The minimum absolute atomic E-state index is 0.473. The van der Waals surface area contributed by atoms with E-state index in [1.807, 2.05) is 0 Å². The first-order valence-corrected chi connectivity index (χ1v) is 6.07. The van der Waals surface area contributed by atoms with Crippen LogP contribution in [0.25, 0.3) is 0 Å². The van der Waals surface area contributed by atoms with E-state index in [4.69, 9.17) is 0 Å². The van der Waals surface area contributed by atoms with Crippen molar-refractivity contribution in [2.75, 3.05) is 20.1 Å². The van der Waals surface area contributed by atoms with Crippen LogP contribution in [0.5, 0.6) is 0 Å². The molecule has 1 aliphatic heterocycles. The Morgan fingerprint density at radius 2 is 2.19 bits per heavy atom. The van der Waals surface area contributed by atoms with Crippen LogP contribution in [0.4, 0.5) is 0 Å². The number of likely N-dealkylation sites (N-methyl/N-ethyl adjacent to an activating group) is 1. The summed E-state index contributed by atoms with van der Waals surface area (Å²) in [5, 5.41) is 12.1. The highest BCUT2D eigenvalue weighted by molar-refractivity contribution is 5.78. The van der Waals surface area contributed by atoms with Gasteiger partial charge in [0, 0.05) is 12.6 Å². The van der Waals surface area contributed by atoms with Gasteiger partial charge in [-0.15, -0.1) is 0 Å². The summed E-state index contributed by atoms with van der Waals surface area (Å²) in [5.74, 6) is -0.121. The van der Waals surface area contributed by atoms with Crippen molar-refractivity contribution in [2.45, 2.75) is 45.2 Å². The van der Waals surface area contributed by atoms with Gasteiger partial charge in [-0.05, 0) is 46.2 Å². The number of nitrogens with one attached hydrogen (secondary N) is 1. The van der Waals surface area contributed by atoms with Crippen molar-refractivity contribution in [1.29, 1.82) is 0 Å². The van der Waals surface area contributed by atoms with Crippen molar-refractivity contribution < 1.29 is 9.90 Å². The van der Waals surface area contributed by atoms with Crippen LogP contribution in [-0.2, 0) is 4.79 Å². The van der Waals surface area contributed by atoms with Crippen LogP contribution in [0.1, 0.15) is 33.6 Å². The summed E-state index contributed by atoms with van der Waals surface area (Å²) in [5.41, 5.74) is -0.842. The molecule has 0 amide bonds. The standard InChI is InChI=1S/C12H24N2O2/c1-9-6-5-7-14(10(9)2)8-12(3,13-4)11(15)16/h9-10,13H,5-8H2,1-4H3,(H,15,16). The zero-order valence-electron chi connectivity index (χ0n) is 10.8. The molecule has 1 heterocycles. The molecule has 0 aromatic carbocycles. The fraction of sp³-hybridized carbons (Fsp3) is 0.917. The van der Waals surface area contributed by atoms with Crippen molar-refractivity contribution in [3.8, 4) is 0 Å². The van der Waals surface area contributed by atoms with E-state index in [1.165, 1.54) is 12.8 Å². The highest BCUT2D eigenvalue weighted by Crippen LogP contribution is 2.24. The van der Waals surface area contributed by atoms with Crippen molar-refractivity contribution >= 4 is 5.97 Å². The molecule has 3 unspecified atom stereocenters. The fourth-order valence-electron chi connectivity index (χ4n) is 2.30. The van der Waals surface area contributed by atoms with Crippen LogP contribution in [-0.4, -0.2) is 47.7 Å². The molecule has 0 bridgehead atoms. The molecule has 0 aromatic heterocycles. The van der Waals surface area contributed by atoms with E-state index in [0.29, 0.717) is 18.5 Å². The Hall–Kier alpha value is -0.610. The summed E-state index contributed by atoms with van der Waals surface area (Å²) >= 11 is 0. The lowest BCUT2D eigenvalue weighted by Crippen LogP contribution is -2.58. The highest BCUT2D eigenvalue weighted by atomic mass is 16.4. The molecule has 4 heteroatoms. The summed E-state index contributed by atoms with van der Waals surface area (Å²) in [6.07, 6.45) is 2.42. The second-order valence-electron chi connectivity index (χ2n) is 5.22. The molecule has 0 aliphatic carbocycles. The third kappa shape index (κ3) is 2.74. The molecule has 1 aliphatic rings. The summed E-state index contributed by atoms with van der Waals surface area (Å²) in [7, 11) is 1.71. The summed E-state index contributed by atoms with van der Waals surface area (Å²) in [6.45, 7) is 7.78. The van der Waals surface area contributed by atoms with Crippen molar-refractivity contribution in [2.24, 2.45) is 5.92 Å². The summed E-state index contributed by atoms with van der Waals surface area (Å²) < 4.78 is 0. The van der Waals surface area contributed by atoms with Gasteiger partial charge in [0.15, 0.2) is 0 Å². The van der Waals surface area contributed by atoms with E-state index >= 15 is 0 Å². The molecule has 2 N–H and O–H groups in total. The number of aliphatic carboxylic acids is 1. The monoisotopic (exact) mass is 228 g/mol. The van der Waals surface area contributed by atoms with E-state index in [0.717, 1.165) is 6.54 Å². The maximum atomic E-state index is 11.2. The molecule has 3 atom stereocenters. The van der Waals surface area contributed by atoms with E-state index in [-0.39, 0.29) is 0 Å². The van der Waals surface area contributed by atoms with Gasteiger partial charge in [0.25, 0.3) is 0 Å². The maximum Gasteiger partial charge on any atom is 0.324 e. The molecule has 0 spiro atoms. The van der Waals surface area contributed by atoms with E-state index in [9.17, 15) is 9.90 Å². The first-order valence-electron chi connectivity index (χ1n) is 6.07. The number of likely N-dealkylation sites (tertiary alicyclic amines) is 1. The SMILES string of the molecule is CNC(C)(CN1CCCC(C)C1C)C(=O)O. The van der Waals surface area contributed by atoms with Crippen LogP contribution in [0.15, 0.2) is 0 Å². The first-order chi connectivity index (χ1) is 7.40. The molecule has 1 saturated heterocycles. The quantitative estimate of drug-likeness (QED) is 0.758. The van der Waals surface area contributed by atoms with Crippen LogP contribution in [0, 0.1) is 5.92 Å². The van der Waals surface area contributed by atoms with Gasteiger partial charge in [-0.2, -0.15) is 0 Å². The van der Waals surface area contributed by atoms with Gasteiger partial charge in [-0.25, -0.2) is 0 Å². The minimum Gasteiger partial charge on any atom is -0.480 e. The largest absolute Gasteiger partial charge is 0.480 e. The zero-order valence-corrected chi connectivity index (χ0v) is 10.8. The Bertz CT molecular complexity index is 257. The summed E-state index contributed by atoms with van der Waals surface area (Å²) in [6, 6.07) is 0.473. The number of nitrogens with zero attached hydrogens (tertiary/aromatic N) is 1. The third-order valence-electron chi connectivity index (χ3n) is 4.05. The number of carboxylic acids is 1. The van der Waals surface area contributed by atoms with E-state index in [1.54, 1.807) is 14.0 Å². The molecule has 16 heavy (non-hydrogen) atoms. The van der Waals surface area contributed by atoms with Crippen LogP contribution >= 0.6 is 0 Å². The Kier molecular flexibility index (Phi) is 4.33. The van der Waals surface area contributed by atoms with Gasteiger partial charge < -0.3 is 10.4 Å². The zero-order chi connectivity index (χ0) is 12.3. The Labute approximate surface area is 98.0 Å². The number of rotatable bonds is 4. The van der Waals surface area contributed by atoms with E-state index < -0.39 is 11.5 Å². The minimum atomic E-state index is -0.842. The predicted molar refractivity (Wildman–Crippen MR) is 64.5 cm³/mol. The maximum absolute atomic E-state index is 11.2. The van der Waals surface area contributed by atoms with Gasteiger partial charge in [0.2, 0.25) is 0 Å². The number of piperidine rings is 1. The Morgan fingerprint density at radius 1 is 1.56 bits per heavy atom. The molecular weight excluding hydrogens is 204 g/mol. The molecular formula is C12H24N2O2. The lowest BCUT2D eigenvalue weighted by atomic mass is 9.90. The predicted octanol–water partition coefficient (Wildman–Crippen LogP) is 1.17. The van der Waals surface area contributed by atoms with Gasteiger partial charge in [0.05, 0.1) is 0 Å². The Balaban J connectivity index is 2.67. The van der Waals surface area contributed by atoms with Crippen molar-refractivity contribution in [3.05, 3.63) is 0 Å². The number of carbonyl (C=O) groups is 1. The molecule has 0 radical (unpaired) electrons. The van der Waals surface area contributed by atoms with E-state index in [2.05, 4.69) is 24.1 Å².